The molecule has 266 valence electrons. The molecule has 0 radical (unpaired) electrons. The lowest BCUT2D eigenvalue weighted by molar-refractivity contribution is -0.729. The molecule has 0 aliphatic rings. The van der Waals surface area contributed by atoms with Crippen LogP contribution in [-0.4, -0.2) is 48.8 Å². The predicted octanol–water partition coefficient (Wildman–Crippen LogP) is 11.8. The molecule has 8 heteroatoms. The molecule has 0 unspecified atom stereocenters. The summed E-state index contributed by atoms with van der Waals surface area (Å²) in [7, 11) is 0. The van der Waals surface area contributed by atoms with Gasteiger partial charge in [-0.2, -0.15) is 0 Å². The van der Waals surface area contributed by atoms with E-state index in [1.807, 2.05) is 0 Å². The number of ether oxygens (including phenoxy) is 4. The zero-order valence-corrected chi connectivity index (χ0v) is 29.5. The molecule has 1 aromatic carbocycles. The molecule has 0 saturated carbocycles. The number of carbonyl (C=O) groups excluding carboxylic acids is 1. The topological polar surface area (TPSA) is 94.3 Å². The molecule has 46 heavy (non-hydrogen) atoms. The highest BCUT2D eigenvalue weighted by Gasteiger charge is 2.18. The van der Waals surface area contributed by atoms with Crippen LogP contribution in [0.4, 0.5) is 10.5 Å². The van der Waals surface area contributed by atoms with Gasteiger partial charge in [-0.3, -0.25) is 0 Å². The smallest absolute Gasteiger partial charge is 0.426 e. The summed E-state index contributed by atoms with van der Waals surface area (Å²) in [5, 5.41) is 8.98. The van der Waals surface area contributed by atoms with Gasteiger partial charge >= 0.3 is 11.8 Å². The molecule has 0 aromatic heterocycles. The molecule has 0 heterocycles. The van der Waals surface area contributed by atoms with Gasteiger partial charge in [-0.15, -0.1) is 0 Å². The second-order valence-electron chi connectivity index (χ2n) is 12.8. The first-order valence-corrected chi connectivity index (χ1v) is 18.9. The second kappa shape index (κ2) is 31.4. The standard InChI is InChI=1S/C38H68NO7/c1-3-5-7-9-11-13-15-17-19-21-23-25-31-43-33-37(46-38(40)45-36-29-27-35(28-30-36)39(41)42)34-44-32-26-24-22-20-18-16-14-12-10-8-6-4-2/h27-30,37H,3-26,31-34H2,1-2H3,(H,41,42)/q+1. The Labute approximate surface area is 280 Å². The van der Waals surface area contributed by atoms with E-state index in [4.69, 9.17) is 24.2 Å². The Morgan fingerprint density at radius 1 is 0.587 bits per heavy atom. The van der Waals surface area contributed by atoms with Crippen molar-refractivity contribution in [2.24, 2.45) is 0 Å². The van der Waals surface area contributed by atoms with Crippen molar-refractivity contribution in [1.82, 2.24) is 0 Å². The Hall–Kier alpha value is -2.19. The Morgan fingerprint density at radius 2 is 0.935 bits per heavy atom. The van der Waals surface area contributed by atoms with Crippen LogP contribution in [0.3, 0.4) is 0 Å². The van der Waals surface area contributed by atoms with E-state index in [0.29, 0.717) is 13.2 Å². The summed E-state index contributed by atoms with van der Waals surface area (Å²) in [6, 6.07) is 5.53. The number of benzene rings is 1. The summed E-state index contributed by atoms with van der Waals surface area (Å²) in [4.78, 5) is 23.2. The van der Waals surface area contributed by atoms with E-state index in [2.05, 4.69) is 13.8 Å². The lowest BCUT2D eigenvalue weighted by Gasteiger charge is -2.18. The molecule has 0 amide bonds. The number of rotatable bonds is 33. The molecular weight excluding hydrogens is 582 g/mol. The SMILES string of the molecule is CCCCCCCCCCCCCCOCC(COCCCCCCCCCCCCCC)OC(=O)Oc1ccc([N+](=O)O)cc1. The van der Waals surface area contributed by atoms with Crippen LogP contribution in [0.5, 0.6) is 5.75 Å². The lowest BCUT2D eigenvalue weighted by atomic mass is 10.1. The third-order valence-electron chi connectivity index (χ3n) is 8.41. The Morgan fingerprint density at radius 3 is 1.28 bits per heavy atom. The van der Waals surface area contributed by atoms with Gasteiger partial charge in [0.2, 0.25) is 0 Å². The summed E-state index contributed by atoms with van der Waals surface area (Å²) in [6.07, 6.45) is 29.6. The fourth-order valence-corrected chi connectivity index (χ4v) is 5.53. The number of unbranched alkanes of at least 4 members (excludes halogenated alkanes) is 22. The molecule has 0 bridgehead atoms. The number of carbonyl (C=O) groups is 1. The molecule has 0 fully saturated rings. The van der Waals surface area contributed by atoms with Crippen molar-refractivity contribution >= 4 is 11.8 Å². The van der Waals surface area contributed by atoms with Crippen molar-refractivity contribution in [2.75, 3.05) is 26.4 Å². The van der Waals surface area contributed by atoms with Crippen molar-refractivity contribution in [1.29, 1.82) is 0 Å². The van der Waals surface area contributed by atoms with Gasteiger partial charge in [-0.25, -0.2) is 10.0 Å². The summed E-state index contributed by atoms with van der Waals surface area (Å²) in [5.41, 5.74) is 0.0380. The minimum absolute atomic E-state index is 0.0380. The van der Waals surface area contributed by atoms with E-state index >= 15 is 0 Å². The fraction of sp³-hybridized carbons (Fsp3) is 0.816. The van der Waals surface area contributed by atoms with Crippen molar-refractivity contribution in [3.63, 3.8) is 0 Å². The first-order chi connectivity index (χ1) is 22.6. The summed E-state index contributed by atoms with van der Waals surface area (Å²) >= 11 is 0. The largest absolute Gasteiger partial charge is 0.514 e. The summed E-state index contributed by atoms with van der Waals surface area (Å²) in [5.74, 6) is 0.212. The van der Waals surface area contributed by atoms with Gasteiger partial charge in [0.1, 0.15) is 5.75 Å². The van der Waals surface area contributed by atoms with Gasteiger partial charge in [-0.05, 0) is 25.0 Å². The normalized spacial score (nSPS) is 11.3. The van der Waals surface area contributed by atoms with E-state index < -0.39 is 12.3 Å². The molecule has 0 atom stereocenters. The zero-order valence-electron chi connectivity index (χ0n) is 29.5. The quantitative estimate of drug-likeness (QED) is 0.0350. The molecule has 0 aliphatic heterocycles. The highest BCUT2D eigenvalue weighted by Crippen LogP contribution is 2.18. The Kier molecular flexibility index (Phi) is 28.6. The van der Waals surface area contributed by atoms with Crippen LogP contribution in [0.1, 0.15) is 168 Å². The second-order valence-corrected chi connectivity index (χ2v) is 12.8. The third-order valence-corrected chi connectivity index (χ3v) is 8.41. The van der Waals surface area contributed by atoms with E-state index in [0.717, 1.165) is 25.7 Å². The van der Waals surface area contributed by atoms with E-state index in [-0.39, 0.29) is 29.6 Å². The van der Waals surface area contributed by atoms with Crippen LogP contribution in [0.15, 0.2) is 24.3 Å². The zero-order chi connectivity index (χ0) is 33.3. The fourth-order valence-electron chi connectivity index (χ4n) is 5.53. The predicted molar refractivity (Wildman–Crippen MR) is 186 cm³/mol. The highest BCUT2D eigenvalue weighted by atomic mass is 16.7. The monoisotopic (exact) mass is 650 g/mol. The van der Waals surface area contributed by atoms with Gasteiger partial charge in [0, 0.05) is 25.3 Å². The first kappa shape index (κ1) is 41.8. The van der Waals surface area contributed by atoms with Gasteiger partial charge in [0.25, 0.3) is 4.92 Å². The van der Waals surface area contributed by atoms with Crippen molar-refractivity contribution in [2.45, 2.75) is 174 Å². The molecule has 0 spiro atoms. The highest BCUT2D eigenvalue weighted by molar-refractivity contribution is 5.64. The van der Waals surface area contributed by atoms with Crippen LogP contribution in [0.2, 0.25) is 0 Å². The molecule has 0 aliphatic carbocycles. The average molecular weight is 651 g/mol. The minimum Gasteiger partial charge on any atom is -0.426 e. The maximum atomic E-state index is 12.5. The van der Waals surface area contributed by atoms with Crippen LogP contribution >= 0.6 is 0 Å². The van der Waals surface area contributed by atoms with Crippen LogP contribution in [-0.2, 0) is 14.2 Å². The number of hydrogen-bond acceptors (Lipinski definition) is 6. The molecule has 1 N–H and O–H groups in total. The molecule has 8 nitrogen and oxygen atoms in total. The van der Waals surface area contributed by atoms with Crippen molar-refractivity contribution in [3.05, 3.63) is 29.2 Å². The van der Waals surface area contributed by atoms with Crippen molar-refractivity contribution in [3.8, 4) is 5.75 Å². The molecular formula is C38H68NO7+. The molecule has 1 rings (SSSR count). The van der Waals surface area contributed by atoms with Crippen LogP contribution < -0.4 is 4.74 Å². The molecule has 1 aromatic rings. The van der Waals surface area contributed by atoms with Gasteiger partial charge in [-0.1, -0.05) is 155 Å². The minimum atomic E-state index is -0.858. The van der Waals surface area contributed by atoms with E-state index in [1.54, 1.807) is 0 Å². The summed E-state index contributed by atoms with van der Waals surface area (Å²) < 4.78 is 22.5. The lowest BCUT2D eigenvalue weighted by Crippen LogP contribution is -2.30. The Balaban J connectivity index is 2.24. The van der Waals surface area contributed by atoms with E-state index in [9.17, 15) is 9.70 Å². The first-order valence-electron chi connectivity index (χ1n) is 18.9. The number of hydrogen-bond donors (Lipinski definition) is 1. The van der Waals surface area contributed by atoms with Crippen LogP contribution in [0, 0.1) is 4.91 Å². The van der Waals surface area contributed by atoms with Gasteiger partial charge in [0.15, 0.2) is 6.10 Å². The third kappa shape index (κ3) is 25.9. The average Bonchev–Trinajstić information content (AvgIpc) is 3.05. The van der Waals surface area contributed by atoms with E-state index in [1.165, 1.54) is 153 Å². The van der Waals surface area contributed by atoms with Crippen LogP contribution in [0.25, 0.3) is 0 Å². The van der Waals surface area contributed by atoms with Crippen molar-refractivity contribution < 1.29 is 33.9 Å². The Bertz CT molecular complexity index is 801. The maximum absolute atomic E-state index is 12.5. The summed E-state index contributed by atoms with van der Waals surface area (Å²) in [6.45, 7) is 6.27. The van der Waals surface area contributed by atoms with Gasteiger partial charge < -0.3 is 18.9 Å². The van der Waals surface area contributed by atoms with Gasteiger partial charge in [0.05, 0.1) is 18.1 Å². The maximum Gasteiger partial charge on any atom is 0.514 e. The molecule has 0 saturated heterocycles. The number of nitrogens with zero attached hydrogens (tertiary/aromatic N) is 1.